The monoisotopic (exact) mass is 452 g/mol. The van der Waals surface area contributed by atoms with Gasteiger partial charge in [-0.3, -0.25) is 9.69 Å². The molecule has 31 heavy (non-hydrogen) atoms. The molecule has 1 aromatic carbocycles. The molecule has 3 aromatic rings. The second-order valence-electron chi connectivity index (χ2n) is 7.66. The van der Waals surface area contributed by atoms with Gasteiger partial charge in [-0.05, 0) is 24.3 Å². The molecule has 0 unspecified atom stereocenters. The number of amides is 1. The van der Waals surface area contributed by atoms with Gasteiger partial charge in [0.1, 0.15) is 0 Å². The highest BCUT2D eigenvalue weighted by atomic mass is 32.2. The quantitative estimate of drug-likeness (QED) is 0.541. The van der Waals surface area contributed by atoms with E-state index in [-0.39, 0.29) is 5.91 Å². The van der Waals surface area contributed by atoms with Crippen molar-refractivity contribution in [2.75, 3.05) is 36.8 Å². The van der Waals surface area contributed by atoms with Crippen LogP contribution in [0.1, 0.15) is 16.7 Å². The molecule has 1 fully saturated rings. The van der Waals surface area contributed by atoms with E-state index in [2.05, 4.69) is 31.9 Å². The SMILES string of the molecule is CC(=O)Nc1cccc(Nc2ncc3c(n2)-c2cc(CN4CCNCC4)sc2CS3)c1. The average molecular weight is 453 g/mol. The summed E-state index contributed by atoms with van der Waals surface area (Å²) in [6.45, 7) is 6.83. The highest BCUT2D eigenvalue weighted by Crippen LogP contribution is 2.44. The number of aromatic nitrogens is 2. The molecule has 9 heteroatoms. The first-order valence-electron chi connectivity index (χ1n) is 10.3. The van der Waals surface area contributed by atoms with Gasteiger partial charge in [-0.2, -0.15) is 0 Å². The smallest absolute Gasteiger partial charge is 0.227 e. The lowest BCUT2D eigenvalue weighted by atomic mass is 10.1. The van der Waals surface area contributed by atoms with Crippen molar-refractivity contribution < 1.29 is 4.79 Å². The number of carbonyl (C=O) groups excluding carboxylic acids is 1. The molecule has 4 heterocycles. The predicted octanol–water partition coefficient (Wildman–Crippen LogP) is 3.92. The number of benzene rings is 1. The van der Waals surface area contributed by atoms with Crippen molar-refractivity contribution in [3.05, 3.63) is 46.3 Å². The van der Waals surface area contributed by atoms with Crippen molar-refractivity contribution in [1.82, 2.24) is 20.2 Å². The maximum absolute atomic E-state index is 11.3. The Labute approximate surface area is 189 Å². The first-order chi connectivity index (χ1) is 15.1. The summed E-state index contributed by atoms with van der Waals surface area (Å²) in [5, 5.41) is 9.49. The first-order valence-corrected chi connectivity index (χ1v) is 12.1. The van der Waals surface area contributed by atoms with Gasteiger partial charge in [-0.25, -0.2) is 9.97 Å². The van der Waals surface area contributed by atoms with Crippen molar-refractivity contribution in [3.63, 3.8) is 0 Å². The number of nitrogens with zero attached hydrogens (tertiary/aromatic N) is 3. The van der Waals surface area contributed by atoms with Gasteiger partial charge >= 0.3 is 0 Å². The number of carbonyl (C=O) groups is 1. The Kier molecular flexibility index (Phi) is 5.91. The topological polar surface area (TPSA) is 82.2 Å². The molecule has 0 spiro atoms. The molecule has 0 aliphatic carbocycles. The summed E-state index contributed by atoms with van der Waals surface area (Å²) in [7, 11) is 0. The number of hydrogen-bond acceptors (Lipinski definition) is 8. The van der Waals surface area contributed by atoms with E-state index < -0.39 is 0 Å². The van der Waals surface area contributed by atoms with Crippen LogP contribution >= 0.6 is 23.1 Å². The number of hydrogen-bond donors (Lipinski definition) is 3. The summed E-state index contributed by atoms with van der Waals surface area (Å²) in [4.78, 5) is 27.1. The third-order valence-electron chi connectivity index (χ3n) is 5.26. The largest absolute Gasteiger partial charge is 0.326 e. The molecule has 0 bridgehead atoms. The maximum atomic E-state index is 11.3. The van der Waals surface area contributed by atoms with Crippen LogP contribution in [-0.2, 0) is 17.1 Å². The maximum Gasteiger partial charge on any atom is 0.227 e. The van der Waals surface area contributed by atoms with Crippen LogP contribution in [0.15, 0.2) is 41.4 Å². The molecule has 2 aliphatic heterocycles. The van der Waals surface area contributed by atoms with Gasteiger partial charge < -0.3 is 16.0 Å². The molecule has 3 N–H and O–H groups in total. The molecule has 2 aromatic heterocycles. The average Bonchev–Trinajstić information content (AvgIpc) is 3.17. The summed E-state index contributed by atoms with van der Waals surface area (Å²) < 4.78 is 0. The molecule has 1 saturated heterocycles. The van der Waals surface area contributed by atoms with E-state index in [1.54, 1.807) is 11.8 Å². The van der Waals surface area contributed by atoms with Crippen LogP contribution in [0.2, 0.25) is 0 Å². The Balaban J connectivity index is 1.37. The number of rotatable bonds is 5. The first kappa shape index (κ1) is 20.4. The fourth-order valence-electron chi connectivity index (χ4n) is 3.84. The Morgan fingerprint density at radius 2 is 2.06 bits per heavy atom. The minimum absolute atomic E-state index is 0.0965. The lowest BCUT2D eigenvalue weighted by Crippen LogP contribution is -2.42. The molecule has 0 atom stereocenters. The zero-order valence-electron chi connectivity index (χ0n) is 17.3. The molecule has 5 rings (SSSR count). The number of thiophene rings is 1. The van der Waals surface area contributed by atoms with Gasteiger partial charge in [-0.15, -0.1) is 23.1 Å². The Morgan fingerprint density at radius 3 is 2.90 bits per heavy atom. The number of fused-ring (bicyclic) bond motifs is 3. The summed E-state index contributed by atoms with van der Waals surface area (Å²) in [5.41, 5.74) is 3.81. The zero-order valence-corrected chi connectivity index (χ0v) is 18.9. The van der Waals surface area contributed by atoms with E-state index in [0.717, 1.165) is 60.4 Å². The lowest BCUT2D eigenvalue weighted by molar-refractivity contribution is -0.114. The second kappa shape index (κ2) is 8.96. The van der Waals surface area contributed by atoms with Crippen LogP contribution < -0.4 is 16.0 Å². The predicted molar refractivity (Wildman–Crippen MR) is 127 cm³/mol. The highest BCUT2D eigenvalue weighted by Gasteiger charge is 2.23. The van der Waals surface area contributed by atoms with Crippen molar-refractivity contribution >= 4 is 46.3 Å². The van der Waals surface area contributed by atoms with E-state index in [1.165, 1.54) is 22.2 Å². The Morgan fingerprint density at radius 1 is 1.23 bits per heavy atom. The van der Waals surface area contributed by atoms with Crippen LogP contribution in [-0.4, -0.2) is 47.0 Å². The van der Waals surface area contributed by atoms with Gasteiger partial charge in [0, 0.05) is 78.3 Å². The molecule has 0 saturated carbocycles. The van der Waals surface area contributed by atoms with Crippen LogP contribution in [0.5, 0.6) is 0 Å². The number of anilines is 3. The van der Waals surface area contributed by atoms with E-state index in [4.69, 9.17) is 4.98 Å². The van der Waals surface area contributed by atoms with Crippen LogP contribution in [0.4, 0.5) is 17.3 Å². The number of nitrogens with one attached hydrogen (secondary N) is 3. The number of piperazine rings is 1. The van der Waals surface area contributed by atoms with Crippen LogP contribution in [0, 0.1) is 0 Å². The van der Waals surface area contributed by atoms with Gasteiger partial charge in [0.05, 0.1) is 10.6 Å². The lowest BCUT2D eigenvalue weighted by Gasteiger charge is -2.26. The zero-order chi connectivity index (χ0) is 21.2. The molecule has 0 radical (unpaired) electrons. The van der Waals surface area contributed by atoms with E-state index in [9.17, 15) is 4.79 Å². The minimum Gasteiger partial charge on any atom is -0.326 e. The molecule has 2 aliphatic rings. The van der Waals surface area contributed by atoms with Gasteiger partial charge in [-0.1, -0.05) is 6.07 Å². The molecular formula is C22H24N6OS2. The Bertz CT molecular complexity index is 1110. The van der Waals surface area contributed by atoms with Gasteiger partial charge in [0.2, 0.25) is 11.9 Å². The van der Waals surface area contributed by atoms with Crippen molar-refractivity contribution in [3.8, 4) is 11.3 Å². The van der Waals surface area contributed by atoms with Gasteiger partial charge in [0.15, 0.2) is 0 Å². The third kappa shape index (κ3) is 4.74. The van der Waals surface area contributed by atoms with Crippen LogP contribution in [0.3, 0.4) is 0 Å². The highest BCUT2D eigenvalue weighted by molar-refractivity contribution is 7.98. The summed E-state index contributed by atoms with van der Waals surface area (Å²) in [5.74, 6) is 1.44. The fraction of sp³-hybridized carbons (Fsp3) is 0.318. The van der Waals surface area contributed by atoms with E-state index >= 15 is 0 Å². The van der Waals surface area contributed by atoms with Crippen molar-refractivity contribution in [2.45, 2.75) is 24.1 Å². The molecule has 1 amide bonds. The third-order valence-corrected chi connectivity index (χ3v) is 7.60. The van der Waals surface area contributed by atoms with Crippen molar-refractivity contribution in [2.24, 2.45) is 0 Å². The summed E-state index contributed by atoms with van der Waals surface area (Å²) in [6.07, 6.45) is 1.91. The molecule has 7 nitrogen and oxygen atoms in total. The van der Waals surface area contributed by atoms with E-state index in [1.807, 2.05) is 41.8 Å². The van der Waals surface area contributed by atoms with Crippen LogP contribution in [0.25, 0.3) is 11.3 Å². The molecule has 160 valence electrons. The summed E-state index contributed by atoms with van der Waals surface area (Å²) in [6, 6.07) is 9.87. The van der Waals surface area contributed by atoms with Gasteiger partial charge in [0.25, 0.3) is 0 Å². The molecular weight excluding hydrogens is 428 g/mol. The summed E-state index contributed by atoms with van der Waals surface area (Å²) >= 11 is 3.71. The fourth-order valence-corrected chi connectivity index (χ4v) is 6.12. The Hall–Kier alpha value is -2.46. The van der Waals surface area contributed by atoms with E-state index in [0.29, 0.717) is 5.95 Å². The normalized spacial score (nSPS) is 15.8. The second-order valence-corrected chi connectivity index (χ2v) is 9.90. The standard InChI is InChI=1S/C22H24N6OS2/c1-14(29)25-15-3-2-4-16(9-15)26-22-24-11-19-21(27-22)18-10-17(31-20(18)13-30-19)12-28-7-5-23-6-8-28/h2-4,9-11,23H,5-8,12-13H2,1H3,(H,25,29)(H,24,26,27). The van der Waals surface area contributed by atoms with Crippen molar-refractivity contribution in [1.29, 1.82) is 0 Å². The number of thioether (sulfide) groups is 1. The minimum atomic E-state index is -0.0965.